The molecule has 0 aliphatic carbocycles. The molecule has 3 aromatic rings. The predicted octanol–water partition coefficient (Wildman–Crippen LogP) is 5.48. The lowest BCUT2D eigenvalue weighted by molar-refractivity contribution is -0.120. The Morgan fingerprint density at radius 3 is 2.39 bits per heavy atom. The molecule has 0 saturated carbocycles. The van der Waals surface area contributed by atoms with Crippen LogP contribution in [-0.2, 0) is 34.0 Å². The van der Waals surface area contributed by atoms with Gasteiger partial charge in [0.05, 0.1) is 10.4 Å². The van der Waals surface area contributed by atoms with Crippen LogP contribution in [0, 0.1) is 5.41 Å². The first-order valence-electron chi connectivity index (χ1n) is 18.2. The van der Waals surface area contributed by atoms with Crippen LogP contribution in [0.5, 0.6) is 0 Å². The molecule has 0 radical (unpaired) electrons. The fourth-order valence-electron chi connectivity index (χ4n) is 7.67. The Bertz CT molecular complexity index is 1780. The van der Waals surface area contributed by atoms with Crippen molar-refractivity contribution in [2.75, 3.05) is 44.2 Å². The molecule has 1 atom stereocenters. The molecule has 3 fully saturated rings. The lowest BCUT2D eigenvalue weighted by atomic mass is 9.83. The van der Waals surface area contributed by atoms with Crippen molar-refractivity contribution < 1.29 is 23.3 Å². The van der Waals surface area contributed by atoms with E-state index < -0.39 is 28.7 Å². The maximum atomic E-state index is 13.6. The molecule has 4 heterocycles. The normalized spacial score (nSPS) is 19.7. The van der Waals surface area contributed by atoms with Gasteiger partial charge in [0.25, 0.3) is 0 Å². The van der Waals surface area contributed by atoms with Crippen LogP contribution >= 0.6 is 0 Å². The van der Waals surface area contributed by atoms with E-state index in [4.69, 9.17) is 4.74 Å². The largest absolute Gasteiger partial charge is 0.444 e. The molecule has 1 unspecified atom stereocenters. The SMILES string of the molecule is Cn1nc(N2CCC(=O)NC2=O)c2ccc(C3CCN(CC(C)(C)Cc4cccc(S(=O)N5CCC(NC(=O)OC(C)(C)C)CC5)c4)CC3)cc21. The number of aromatic nitrogens is 2. The number of urea groups is 1. The lowest BCUT2D eigenvalue weighted by Gasteiger charge is -2.38. The maximum Gasteiger partial charge on any atom is 0.407 e. The number of aryl methyl sites for hydroxylation is 1. The summed E-state index contributed by atoms with van der Waals surface area (Å²) in [6, 6.07) is 14.3. The first-order valence-corrected chi connectivity index (χ1v) is 19.3. The molecule has 3 aliphatic rings. The Hall–Kier alpha value is -3.81. The fourth-order valence-corrected chi connectivity index (χ4v) is 8.95. The zero-order valence-electron chi connectivity index (χ0n) is 30.9. The number of imide groups is 1. The Morgan fingerprint density at radius 2 is 1.71 bits per heavy atom. The number of ether oxygens (including phenoxy) is 1. The average molecular weight is 720 g/mol. The molecule has 3 aliphatic heterocycles. The highest BCUT2D eigenvalue weighted by molar-refractivity contribution is 7.82. The quantitative estimate of drug-likeness (QED) is 0.300. The number of nitrogens with zero attached hydrogens (tertiary/aromatic N) is 5. The number of rotatable bonds is 9. The van der Waals surface area contributed by atoms with Crippen molar-refractivity contribution in [2.45, 2.75) is 95.6 Å². The minimum Gasteiger partial charge on any atom is -0.444 e. The van der Waals surface area contributed by atoms with E-state index >= 15 is 0 Å². The van der Waals surface area contributed by atoms with Gasteiger partial charge in [-0.05, 0) is 113 Å². The van der Waals surface area contributed by atoms with Crippen LogP contribution in [0.2, 0.25) is 0 Å². The summed E-state index contributed by atoms with van der Waals surface area (Å²) in [5.74, 6) is 0.788. The van der Waals surface area contributed by atoms with Crippen molar-refractivity contribution in [3.05, 3.63) is 53.6 Å². The molecule has 3 saturated heterocycles. The van der Waals surface area contributed by atoms with Crippen LogP contribution < -0.4 is 15.5 Å². The first kappa shape index (κ1) is 37.0. The molecule has 276 valence electrons. The summed E-state index contributed by atoms with van der Waals surface area (Å²) in [4.78, 5) is 41.3. The Morgan fingerprint density at radius 1 is 0.980 bits per heavy atom. The summed E-state index contributed by atoms with van der Waals surface area (Å²) in [5.41, 5.74) is 2.98. The van der Waals surface area contributed by atoms with Crippen molar-refractivity contribution in [1.82, 2.24) is 29.6 Å². The number of likely N-dealkylation sites (tertiary alicyclic amines) is 1. The molecule has 0 spiro atoms. The number of piperidine rings is 2. The van der Waals surface area contributed by atoms with Crippen molar-refractivity contribution in [3.63, 3.8) is 0 Å². The van der Waals surface area contributed by atoms with E-state index in [0.29, 0.717) is 31.4 Å². The number of hydrogen-bond donors (Lipinski definition) is 2. The van der Waals surface area contributed by atoms with Crippen molar-refractivity contribution in [3.8, 4) is 0 Å². The van der Waals surface area contributed by atoms with Gasteiger partial charge in [0, 0.05) is 51.1 Å². The van der Waals surface area contributed by atoms with Gasteiger partial charge >= 0.3 is 12.1 Å². The number of anilines is 1. The zero-order chi connectivity index (χ0) is 36.5. The number of benzene rings is 2. The third-order valence-electron chi connectivity index (χ3n) is 10.1. The van der Waals surface area contributed by atoms with Crippen molar-refractivity contribution in [1.29, 1.82) is 0 Å². The number of fused-ring (bicyclic) bond motifs is 1. The topological polar surface area (TPSA) is 129 Å². The number of amides is 4. The molecule has 12 nitrogen and oxygen atoms in total. The second kappa shape index (κ2) is 15.0. The molecule has 2 N–H and O–H groups in total. The highest BCUT2D eigenvalue weighted by Gasteiger charge is 2.31. The van der Waals surface area contributed by atoms with Gasteiger partial charge in [0.15, 0.2) is 5.82 Å². The molecular formula is C38H53N7O5S. The summed E-state index contributed by atoms with van der Waals surface area (Å²) in [6.07, 6.45) is 4.37. The zero-order valence-corrected chi connectivity index (χ0v) is 31.7. The fraction of sp³-hybridized carbons (Fsp3) is 0.579. The van der Waals surface area contributed by atoms with Gasteiger partial charge in [-0.2, -0.15) is 5.10 Å². The summed E-state index contributed by atoms with van der Waals surface area (Å²) < 4.78 is 22.8. The van der Waals surface area contributed by atoms with Crippen LogP contribution in [0.4, 0.5) is 15.4 Å². The standard InChI is InChI=1S/C38H53N7O5S/c1-37(2,3)50-36(48)39-29-14-19-44(20-15-29)51(49)30-9-7-8-26(22-30)24-38(4,5)25-43-17-12-27(13-18-43)28-10-11-31-32(23-28)42(6)41-34(31)45-21-16-33(46)40-35(45)47/h7-11,22-23,27,29H,12-21,24-25H2,1-6H3,(H,39,48)(H,40,46,47). The van der Waals surface area contributed by atoms with Crippen molar-refractivity contribution in [2.24, 2.45) is 12.5 Å². The van der Waals surface area contributed by atoms with Gasteiger partial charge in [0.1, 0.15) is 16.6 Å². The molecule has 13 heteroatoms. The summed E-state index contributed by atoms with van der Waals surface area (Å²) in [5, 5.41) is 10.9. The molecule has 0 bridgehead atoms. The predicted molar refractivity (Wildman–Crippen MR) is 199 cm³/mol. The Balaban J connectivity index is 0.997. The minimum absolute atomic E-state index is 0.0217. The van der Waals surface area contributed by atoms with Crippen LogP contribution in [0.25, 0.3) is 10.9 Å². The van der Waals surface area contributed by atoms with Crippen LogP contribution in [0.3, 0.4) is 0 Å². The highest BCUT2D eigenvalue weighted by Crippen LogP contribution is 2.35. The summed E-state index contributed by atoms with van der Waals surface area (Å²) >= 11 is 0. The van der Waals surface area contributed by atoms with Gasteiger partial charge in [-0.1, -0.05) is 32.0 Å². The molecule has 2 aromatic carbocycles. The number of nitrogens with one attached hydrogen (secondary N) is 2. The van der Waals surface area contributed by atoms with E-state index in [1.165, 1.54) is 11.1 Å². The van der Waals surface area contributed by atoms with E-state index in [0.717, 1.165) is 67.5 Å². The van der Waals surface area contributed by atoms with Gasteiger partial charge in [-0.15, -0.1) is 0 Å². The Labute approximate surface area is 303 Å². The van der Waals surface area contributed by atoms with Gasteiger partial charge in [0.2, 0.25) is 5.91 Å². The van der Waals surface area contributed by atoms with Gasteiger partial charge < -0.3 is 15.0 Å². The number of alkyl carbamates (subject to hydrolysis) is 1. The van der Waals surface area contributed by atoms with E-state index in [1.54, 1.807) is 4.90 Å². The van der Waals surface area contributed by atoms with E-state index in [2.05, 4.69) is 64.8 Å². The van der Waals surface area contributed by atoms with Crippen LogP contribution in [-0.4, -0.2) is 92.1 Å². The van der Waals surface area contributed by atoms with E-state index in [-0.39, 0.29) is 23.8 Å². The molecular weight excluding hydrogens is 667 g/mol. The number of carbonyl (C=O) groups is 3. The summed E-state index contributed by atoms with van der Waals surface area (Å²) in [7, 11) is 0.647. The van der Waals surface area contributed by atoms with Gasteiger partial charge in [-0.3, -0.25) is 19.7 Å². The monoisotopic (exact) mass is 719 g/mol. The maximum absolute atomic E-state index is 13.6. The second-order valence-electron chi connectivity index (χ2n) is 16.1. The van der Waals surface area contributed by atoms with Crippen molar-refractivity contribution >= 4 is 45.7 Å². The molecule has 51 heavy (non-hydrogen) atoms. The molecule has 1 aromatic heterocycles. The van der Waals surface area contributed by atoms with E-state index in [1.807, 2.05) is 48.9 Å². The molecule has 4 amide bonds. The van der Waals surface area contributed by atoms with Crippen LogP contribution in [0.15, 0.2) is 47.4 Å². The van der Waals surface area contributed by atoms with Gasteiger partial charge in [-0.25, -0.2) is 18.1 Å². The third kappa shape index (κ3) is 9.17. The first-order chi connectivity index (χ1) is 24.1. The second-order valence-corrected chi connectivity index (χ2v) is 17.6. The average Bonchev–Trinajstić information content (AvgIpc) is 3.39. The Kier molecular flexibility index (Phi) is 10.9. The number of carbonyl (C=O) groups excluding carboxylic acids is 3. The van der Waals surface area contributed by atoms with Crippen LogP contribution in [0.1, 0.15) is 83.8 Å². The number of hydrogen-bond acceptors (Lipinski definition) is 7. The third-order valence-corrected chi connectivity index (χ3v) is 11.6. The highest BCUT2D eigenvalue weighted by atomic mass is 32.2. The molecule has 6 rings (SSSR count). The minimum atomic E-state index is -1.25. The summed E-state index contributed by atoms with van der Waals surface area (Å²) in [6.45, 7) is 14.8. The van der Waals surface area contributed by atoms with E-state index in [9.17, 15) is 18.6 Å². The smallest absolute Gasteiger partial charge is 0.407 e. The lowest BCUT2D eigenvalue weighted by Crippen LogP contribution is -2.49.